The number of benzene rings is 1. The molecule has 0 nitrogen and oxygen atoms in total. The highest BCUT2D eigenvalue weighted by molar-refractivity contribution is 5.21. The van der Waals surface area contributed by atoms with Crippen LogP contribution in [0.15, 0.2) is 24.3 Å². The monoisotopic (exact) mass is 178 g/mol. The number of hydrogen-bond acceptors (Lipinski definition) is 0. The SMILES string of the molecule is CCC.CCCc1ccc(C)cc1. The zero-order chi connectivity index (χ0) is 10.1. The summed E-state index contributed by atoms with van der Waals surface area (Å²) >= 11 is 0. The average Bonchev–Trinajstić information content (AvgIpc) is 2.11. The summed E-state index contributed by atoms with van der Waals surface area (Å²) in [5.41, 5.74) is 2.80. The first kappa shape index (κ1) is 12.2. The van der Waals surface area contributed by atoms with E-state index in [1.54, 1.807) is 0 Å². The highest BCUT2D eigenvalue weighted by atomic mass is 13.9. The lowest BCUT2D eigenvalue weighted by atomic mass is 10.1. The van der Waals surface area contributed by atoms with Crippen molar-refractivity contribution in [3.8, 4) is 0 Å². The van der Waals surface area contributed by atoms with Crippen molar-refractivity contribution < 1.29 is 0 Å². The predicted molar refractivity (Wildman–Crippen MR) is 61.1 cm³/mol. The Morgan fingerprint density at radius 2 is 1.38 bits per heavy atom. The van der Waals surface area contributed by atoms with Crippen molar-refractivity contribution in [2.24, 2.45) is 0 Å². The van der Waals surface area contributed by atoms with Crippen LogP contribution in [0.1, 0.15) is 44.7 Å². The van der Waals surface area contributed by atoms with Gasteiger partial charge in [-0.15, -0.1) is 0 Å². The molecule has 0 N–H and O–H groups in total. The van der Waals surface area contributed by atoms with E-state index < -0.39 is 0 Å². The lowest BCUT2D eigenvalue weighted by molar-refractivity contribution is 0.921. The third-order valence-electron chi connectivity index (χ3n) is 1.66. The van der Waals surface area contributed by atoms with E-state index in [2.05, 4.69) is 52.0 Å². The van der Waals surface area contributed by atoms with Crippen LogP contribution in [0.5, 0.6) is 0 Å². The second-order valence-corrected chi connectivity index (χ2v) is 3.44. The van der Waals surface area contributed by atoms with Crippen LogP contribution >= 0.6 is 0 Å². The quantitative estimate of drug-likeness (QED) is 0.631. The third kappa shape index (κ3) is 6.39. The van der Waals surface area contributed by atoms with E-state index in [1.165, 1.54) is 30.4 Å². The first-order chi connectivity index (χ1) is 6.24. The maximum atomic E-state index is 2.21. The van der Waals surface area contributed by atoms with Gasteiger partial charge in [0.05, 0.1) is 0 Å². The Bertz CT molecular complexity index is 196. The lowest BCUT2D eigenvalue weighted by Gasteiger charge is -1.97. The normalized spacial score (nSPS) is 8.92. The highest BCUT2D eigenvalue weighted by Crippen LogP contribution is 2.04. The Morgan fingerprint density at radius 3 is 1.77 bits per heavy atom. The predicted octanol–water partition coefficient (Wildman–Crippen LogP) is 4.36. The first-order valence-corrected chi connectivity index (χ1v) is 5.30. The molecule has 1 aromatic rings. The molecule has 0 aromatic heterocycles. The van der Waals surface area contributed by atoms with Crippen molar-refractivity contribution in [2.75, 3.05) is 0 Å². The van der Waals surface area contributed by atoms with Crippen molar-refractivity contribution in [3.63, 3.8) is 0 Å². The number of aryl methyl sites for hydroxylation is 2. The molecule has 0 unspecified atom stereocenters. The van der Waals surface area contributed by atoms with Crippen molar-refractivity contribution in [1.29, 1.82) is 0 Å². The Hall–Kier alpha value is -0.780. The van der Waals surface area contributed by atoms with Crippen LogP contribution in [0, 0.1) is 6.92 Å². The Labute approximate surface area is 83.0 Å². The highest BCUT2D eigenvalue weighted by Gasteiger charge is 1.87. The van der Waals surface area contributed by atoms with Crippen LogP contribution in [-0.2, 0) is 6.42 Å². The molecule has 1 aromatic carbocycles. The first-order valence-electron chi connectivity index (χ1n) is 5.30. The summed E-state index contributed by atoms with van der Waals surface area (Å²) in [4.78, 5) is 0. The van der Waals surface area contributed by atoms with E-state index in [0.29, 0.717) is 0 Å². The molecular weight excluding hydrogens is 156 g/mol. The molecule has 0 aliphatic heterocycles. The third-order valence-corrected chi connectivity index (χ3v) is 1.66. The molecule has 0 heterocycles. The van der Waals surface area contributed by atoms with E-state index in [1.807, 2.05) is 0 Å². The van der Waals surface area contributed by atoms with Gasteiger partial charge in [-0.25, -0.2) is 0 Å². The van der Waals surface area contributed by atoms with Gasteiger partial charge in [-0.2, -0.15) is 0 Å². The van der Waals surface area contributed by atoms with Crippen LogP contribution < -0.4 is 0 Å². The molecule has 0 saturated carbocycles. The molecule has 0 amide bonds. The average molecular weight is 178 g/mol. The van der Waals surface area contributed by atoms with Gasteiger partial charge < -0.3 is 0 Å². The molecule has 0 aliphatic carbocycles. The topological polar surface area (TPSA) is 0 Å². The Morgan fingerprint density at radius 1 is 0.923 bits per heavy atom. The lowest BCUT2D eigenvalue weighted by Crippen LogP contribution is -1.81. The van der Waals surface area contributed by atoms with Crippen molar-refractivity contribution in [1.82, 2.24) is 0 Å². The summed E-state index contributed by atoms with van der Waals surface area (Å²) in [6.45, 7) is 8.58. The second kappa shape index (κ2) is 7.85. The van der Waals surface area contributed by atoms with Gasteiger partial charge in [-0.1, -0.05) is 63.4 Å². The Kier molecular flexibility index (Phi) is 7.38. The van der Waals surface area contributed by atoms with Gasteiger partial charge >= 0.3 is 0 Å². The van der Waals surface area contributed by atoms with E-state index in [4.69, 9.17) is 0 Å². The Balaban J connectivity index is 0.000000424. The van der Waals surface area contributed by atoms with Gasteiger partial charge in [0.1, 0.15) is 0 Å². The fourth-order valence-electron chi connectivity index (χ4n) is 1.04. The molecule has 74 valence electrons. The standard InChI is InChI=1S/C10H14.C3H8/c1-3-4-10-7-5-9(2)6-8-10;1-3-2/h5-8H,3-4H2,1-2H3;3H2,1-2H3. The van der Waals surface area contributed by atoms with Gasteiger partial charge in [-0.05, 0) is 18.9 Å². The fraction of sp³-hybridized carbons (Fsp3) is 0.538. The van der Waals surface area contributed by atoms with E-state index in [9.17, 15) is 0 Å². The van der Waals surface area contributed by atoms with Crippen LogP contribution in [0.3, 0.4) is 0 Å². The summed E-state index contributed by atoms with van der Waals surface area (Å²) in [6.07, 6.45) is 3.70. The smallest absolute Gasteiger partial charge is 0.0281 e. The summed E-state index contributed by atoms with van der Waals surface area (Å²) in [6, 6.07) is 8.76. The number of rotatable bonds is 2. The molecule has 0 atom stereocenters. The molecule has 0 aliphatic rings. The molecule has 13 heavy (non-hydrogen) atoms. The molecule has 0 heteroatoms. The molecule has 0 spiro atoms. The minimum Gasteiger partial charge on any atom is -0.0656 e. The van der Waals surface area contributed by atoms with Crippen LogP contribution in [-0.4, -0.2) is 0 Å². The molecule has 0 saturated heterocycles. The van der Waals surface area contributed by atoms with Gasteiger partial charge in [0.15, 0.2) is 0 Å². The molecule has 0 radical (unpaired) electrons. The minimum atomic E-state index is 1.21. The molecule has 0 bridgehead atoms. The summed E-state index contributed by atoms with van der Waals surface area (Å²) < 4.78 is 0. The van der Waals surface area contributed by atoms with E-state index in [-0.39, 0.29) is 0 Å². The van der Waals surface area contributed by atoms with Crippen molar-refractivity contribution in [3.05, 3.63) is 35.4 Å². The van der Waals surface area contributed by atoms with Gasteiger partial charge in [0.2, 0.25) is 0 Å². The molecular formula is C13H22. The van der Waals surface area contributed by atoms with E-state index in [0.717, 1.165) is 0 Å². The molecule has 0 fully saturated rings. The fourth-order valence-corrected chi connectivity index (χ4v) is 1.04. The maximum Gasteiger partial charge on any atom is -0.0281 e. The van der Waals surface area contributed by atoms with E-state index >= 15 is 0 Å². The maximum absolute atomic E-state index is 2.21. The van der Waals surface area contributed by atoms with Crippen LogP contribution in [0.2, 0.25) is 0 Å². The minimum absolute atomic E-state index is 1.21. The molecule has 1 rings (SSSR count). The summed E-state index contributed by atoms with van der Waals surface area (Å²) in [5, 5.41) is 0. The van der Waals surface area contributed by atoms with Gasteiger partial charge in [-0.3, -0.25) is 0 Å². The van der Waals surface area contributed by atoms with Crippen LogP contribution in [0.25, 0.3) is 0 Å². The van der Waals surface area contributed by atoms with Gasteiger partial charge in [0.25, 0.3) is 0 Å². The zero-order valence-electron chi connectivity index (χ0n) is 9.43. The summed E-state index contributed by atoms with van der Waals surface area (Å²) in [7, 11) is 0. The zero-order valence-corrected chi connectivity index (χ0v) is 9.43. The van der Waals surface area contributed by atoms with Gasteiger partial charge in [0, 0.05) is 0 Å². The van der Waals surface area contributed by atoms with Crippen molar-refractivity contribution >= 4 is 0 Å². The van der Waals surface area contributed by atoms with Crippen LogP contribution in [0.4, 0.5) is 0 Å². The van der Waals surface area contributed by atoms with Crippen molar-refractivity contribution in [2.45, 2.75) is 47.0 Å². The second-order valence-electron chi connectivity index (χ2n) is 3.44. The number of hydrogen-bond donors (Lipinski definition) is 0. The largest absolute Gasteiger partial charge is 0.0656 e. The summed E-state index contributed by atoms with van der Waals surface area (Å²) in [5.74, 6) is 0.